The third kappa shape index (κ3) is 5.65. The molecular formula is C58H37N3O. The third-order valence-electron chi connectivity index (χ3n) is 12.4. The van der Waals surface area contributed by atoms with Crippen molar-refractivity contribution >= 4 is 21.9 Å². The molecule has 11 aromatic rings. The van der Waals surface area contributed by atoms with Crippen LogP contribution in [0.4, 0.5) is 0 Å². The molecule has 0 saturated heterocycles. The Hall–Kier alpha value is -8.21. The lowest BCUT2D eigenvalue weighted by Crippen LogP contribution is -2.28. The molecule has 9 aromatic carbocycles. The number of nitrogens with zero attached hydrogens (tertiary/aromatic N) is 3. The minimum atomic E-state index is -0.627. The summed E-state index contributed by atoms with van der Waals surface area (Å²) in [4.78, 5) is 16.0. The van der Waals surface area contributed by atoms with Crippen molar-refractivity contribution in [3.63, 3.8) is 0 Å². The van der Waals surface area contributed by atoms with E-state index in [1.54, 1.807) is 0 Å². The van der Waals surface area contributed by atoms with Crippen LogP contribution in [0, 0.1) is 0 Å². The lowest BCUT2D eigenvalue weighted by Gasteiger charge is -2.34. The summed E-state index contributed by atoms with van der Waals surface area (Å²) in [6.45, 7) is 0. The highest BCUT2D eigenvalue weighted by Crippen LogP contribution is 2.58. The van der Waals surface area contributed by atoms with E-state index in [2.05, 4.69) is 188 Å². The zero-order valence-corrected chi connectivity index (χ0v) is 33.6. The number of para-hydroxylation sites is 2. The molecule has 12 rings (SSSR count). The van der Waals surface area contributed by atoms with E-state index in [-0.39, 0.29) is 0 Å². The van der Waals surface area contributed by atoms with Gasteiger partial charge >= 0.3 is 0 Å². The summed E-state index contributed by atoms with van der Waals surface area (Å²) in [6, 6.07) is 79.3. The molecular weight excluding hydrogens is 755 g/mol. The van der Waals surface area contributed by atoms with E-state index in [0.717, 1.165) is 66.4 Å². The maximum atomic E-state index is 6.78. The zero-order chi connectivity index (χ0) is 41.0. The average Bonchev–Trinajstić information content (AvgIpc) is 3.88. The van der Waals surface area contributed by atoms with Crippen molar-refractivity contribution in [2.45, 2.75) is 5.41 Å². The van der Waals surface area contributed by atoms with Crippen LogP contribution in [0.15, 0.2) is 229 Å². The first-order valence-electron chi connectivity index (χ1n) is 21.0. The molecule has 0 atom stereocenters. The fourth-order valence-electron chi connectivity index (χ4n) is 9.64. The van der Waals surface area contributed by atoms with Crippen LogP contribution in [0.2, 0.25) is 0 Å². The van der Waals surface area contributed by atoms with Gasteiger partial charge in [-0.3, -0.25) is 0 Å². The molecule has 0 amide bonds. The Balaban J connectivity index is 1.18. The number of aromatic nitrogens is 3. The van der Waals surface area contributed by atoms with Crippen LogP contribution in [0.1, 0.15) is 22.3 Å². The number of benzene rings is 9. The molecule has 1 aliphatic carbocycles. The van der Waals surface area contributed by atoms with E-state index in [1.165, 1.54) is 27.8 Å². The van der Waals surface area contributed by atoms with Crippen molar-refractivity contribution in [3.8, 4) is 67.5 Å². The molecule has 0 aliphatic heterocycles. The first-order valence-corrected chi connectivity index (χ1v) is 21.0. The molecule has 290 valence electrons. The molecule has 62 heavy (non-hydrogen) atoms. The van der Waals surface area contributed by atoms with Gasteiger partial charge in [0.1, 0.15) is 11.2 Å². The van der Waals surface area contributed by atoms with Crippen molar-refractivity contribution < 1.29 is 4.42 Å². The quantitative estimate of drug-likeness (QED) is 0.161. The lowest BCUT2D eigenvalue weighted by molar-refractivity contribution is 0.670. The maximum Gasteiger partial charge on any atom is 0.164 e. The van der Waals surface area contributed by atoms with Crippen LogP contribution in [0.25, 0.3) is 89.5 Å². The van der Waals surface area contributed by atoms with E-state index in [9.17, 15) is 0 Å². The summed E-state index contributed by atoms with van der Waals surface area (Å²) in [7, 11) is 0. The molecule has 0 radical (unpaired) electrons. The third-order valence-corrected chi connectivity index (χ3v) is 12.4. The molecule has 4 heteroatoms. The van der Waals surface area contributed by atoms with Gasteiger partial charge in [0, 0.05) is 33.0 Å². The van der Waals surface area contributed by atoms with Gasteiger partial charge in [0.05, 0.1) is 5.41 Å². The minimum absolute atomic E-state index is 0.581. The molecule has 0 fully saturated rings. The van der Waals surface area contributed by atoms with E-state index in [4.69, 9.17) is 19.4 Å². The number of fused-ring (bicyclic) bond motifs is 6. The van der Waals surface area contributed by atoms with Gasteiger partial charge in [0.15, 0.2) is 17.5 Å². The summed E-state index contributed by atoms with van der Waals surface area (Å²) in [5.74, 6) is 1.78. The molecule has 0 spiro atoms. The summed E-state index contributed by atoms with van der Waals surface area (Å²) >= 11 is 0. The number of rotatable bonds is 7. The number of hydrogen-bond acceptors (Lipinski definition) is 4. The smallest absolute Gasteiger partial charge is 0.164 e. The lowest BCUT2D eigenvalue weighted by atomic mass is 9.67. The largest absolute Gasteiger partial charge is 0.455 e. The Bertz CT molecular complexity index is 3390. The molecule has 4 nitrogen and oxygen atoms in total. The Morgan fingerprint density at radius 3 is 1.50 bits per heavy atom. The fraction of sp³-hybridized carbons (Fsp3) is 0.0172. The van der Waals surface area contributed by atoms with E-state index < -0.39 is 5.41 Å². The average molecular weight is 792 g/mol. The Labute approximate surface area is 359 Å². The van der Waals surface area contributed by atoms with Crippen LogP contribution in [-0.4, -0.2) is 15.0 Å². The topological polar surface area (TPSA) is 51.8 Å². The second kappa shape index (κ2) is 14.5. The molecule has 0 N–H and O–H groups in total. The number of hydrogen-bond donors (Lipinski definition) is 0. The molecule has 0 bridgehead atoms. The van der Waals surface area contributed by atoms with E-state index >= 15 is 0 Å². The van der Waals surface area contributed by atoms with Crippen molar-refractivity contribution in [2.24, 2.45) is 0 Å². The van der Waals surface area contributed by atoms with E-state index in [0.29, 0.717) is 17.5 Å². The van der Waals surface area contributed by atoms with Gasteiger partial charge < -0.3 is 4.42 Å². The fourth-order valence-corrected chi connectivity index (χ4v) is 9.64. The van der Waals surface area contributed by atoms with Gasteiger partial charge in [-0.05, 0) is 68.3 Å². The predicted octanol–water partition coefficient (Wildman–Crippen LogP) is 14.5. The maximum absolute atomic E-state index is 6.78. The standard InChI is InChI=1S/C58H37N3O/c1-5-18-38(19-6-1)39-32-34-41(35-33-39)56-59-55(40-20-7-2-8-21-40)60-57(61-56)50-37-52-49(36-48(50)47-29-17-28-46-45-27-14-16-31-53(45)62-54(46)47)44-26-13-15-30-51(44)58(52,42-22-9-3-10-23-42)43-24-11-4-12-25-43/h1-37H. The van der Waals surface area contributed by atoms with Gasteiger partial charge in [-0.2, -0.15) is 0 Å². The predicted molar refractivity (Wildman–Crippen MR) is 252 cm³/mol. The second-order valence-corrected chi connectivity index (χ2v) is 15.9. The SMILES string of the molecule is c1ccc(-c2ccc(-c3nc(-c4ccccc4)nc(-c4cc5c(cc4-c4cccc6c4oc4ccccc46)-c4ccccc4C5(c4ccccc4)c4ccccc4)n3)cc2)cc1. The van der Waals surface area contributed by atoms with Gasteiger partial charge in [-0.1, -0.05) is 206 Å². The molecule has 2 heterocycles. The van der Waals surface area contributed by atoms with Crippen LogP contribution < -0.4 is 0 Å². The van der Waals surface area contributed by atoms with Crippen LogP contribution in [0.5, 0.6) is 0 Å². The molecule has 0 unspecified atom stereocenters. The second-order valence-electron chi connectivity index (χ2n) is 15.9. The Morgan fingerprint density at radius 2 is 0.806 bits per heavy atom. The van der Waals surface area contributed by atoms with Crippen molar-refractivity contribution in [2.75, 3.05) is 0 Å². The van der Waals surface area contributed by atoms with Crippen molar-refractivity contribution in [1.82, 2.24) is 15.0 Å². The highest BCUT2D eigenvalue weighted by atomic mass is 16.3. The summed E-state index contributed by atoms with van der Waals surface area (Å²) in [5, 5.41) is 2.14. The van der Waals surface area contributed by atoms with Crippen LogP contribution in [-0.2, 0) is 5.41 Å². The van der Waals surface area contributed by atoms with Gasteiger partial charge in [0.2, 0.25) is 0 Å². The summed E-state index contributed by atoms with van der Waals surface area (Å²) in [6.07, 6.45) is 0. The van der Waals surface area contributed by atoms with E-state index in [1.807, 2.05) is 36.4 Å². The highest BCUT2D eigenvalue weighted by molar-refractivity contribution is 6.11. The molecule has 1 aliphatic rings. The van der Waals surface area contributed by atoms with Crippen LogP contribution in [0.3, 0.4) is 0 Å². The normalized spacial score (nSPS) is 12.6. The first kappa shape index (κ1) is 35.7. The van der Waals surface area contributed by atoms with Gasteiger partial charge in [-0.15, -0.1) is 0 Å². The van der Waals surface area contributed by atoms with Crippen molar-refractivity contribution in [3.05, 3.63) is 247 Å². The minimum Gasteiger partial charge on any atom is -0.455 e. The van der Waals surface area contributed by atoms with Gasteiger partial charge in [0.25, 0.3) is 0 Å². The number of furan rings is 1. The summed E-state index contributed by atoms with van der Waals surface area (Å²) < 4.78 is 6.78. The highest BCUT2D eigenvalue weighted by Gasteiger charge is 2.46. The zero-order valence-electron chi connectivity index (χ0n) is 33.6. The Morgan fingerprint density at radius 1 is 0.306 bits per heavy atom. The van der Waals surface area contributed by atoms with Crippen molar-refractivity contribution in [1.29, 1.82) is 0 Å². The Kier molecular flexibility index (Phi) is 8.36. The molecule has 0 saturated carbocycles. The van der Waals surface area contributed by atoms with Crippen LogP contribution >= 0.6 is 0 Å². The summed E-state index contributed by atoms with van der Waals surface area (Å²) in [5.41, 5.74) is 15.1. The van der Waals surface area contributed by atoms with Gasteiger partial charge in [-0.25, -0.2) is 15.0 Å². The molecule has 2 aromatic heterocycles. The first-order chi connectivity index (χ1) is 30.7. The monoisotopic (exact) mass is 791 g/mol.